The molecule has 0 saturated carbocycles. The molecule has 5 nitrogen and oxygen atoms in total. The minimum absolute atomic E-state index is 0.586. The van der Waals surface area contributed by atoms with Gasteiger partial charge in [0.05, 0.1) is 18.5 Å². The molecular weight excluding hydrogens is 409 g/mol. The highest BCUT2D eigenvalue weighted by Crippen LogP contribution is 2.31. The molecule has 0 spiro atoms. The lowest BCUT2D eigenvalue weighted by atomic mass is 10.0. The zero-order chi connectivity index (χ0) is 23.2. The number of hydrogen-bond acceptors (Lipinski definition) is 4. The van der Waals surface area contributed by atoms with Gasteiger partial charge in [0.2, 0.25) is 7.98 Å². The summed E-state index contributed by atoms with van der Waals surface area (Å²) in [4.78, 5) is 4.90. The molecule has 0 saturated heterocycles. The smallest absolute Gasteiger partial charge is 0.223 e. The quantitative estimate of drug-likeness (QED) is 0.512. The second kappa shape index (κ2) is 10.2. The maximum Gasteiger partial charge on any atom is 0.223 e. The van der Waals surface area contributed by atoms with E-state index in [1.165, 1.54) is 5.57 Å². The number of aliphatic imine (C=N–C) groups is 1. The van der Waals surface area contributed by atoms with Crippen molar-refractivity contribution in [2.75, 3.05) is 13.7 Å². The Bertz CT molecular complexity index is 1230. The third-order valence-corrected chi connectivity index (χ3v) is 5.53. The van der Waals surface area contributed by atoms with Crippen molar-refractivity contribution in [2.24, 2.45) is 10.7 Å². The first-order valence-electron chi connectivity index (χ1n) is 11.0. The van der Waals surface area contributed by atoms with Gasteiger partial charge in [-0.05, 0) is 97.9 Å². The first-order valence-corrected chi connectivity index (χ1v) is 11.0. The van der Waals surface area contributed by atoms with E-state index in [0.717, 1.165) is 51.9 Å². The van der Waals surface area contributed by atoms with Gasteiger partial charge in [-0.3, -0.25) is 0 Å². The number of nitrogens with two attached hydrogens (primary N) is 1. The predicted molar refractivity (Wildman–Crippen MR) is 139 cm³/mol. The van der Waals surface area contributed by atoms with Crippen LogP contribution in [-0.2, 0) is 0 Å². The fourth-order valence-corrected chi connectivity index (χ4v) is 3.83. The normalized spacial score (nSPS) is 14.9. The van der Waals surface area contributed by atoms with Crippen LogP contribution in [0.1, 0.15) is 24.6 Å². The lowest BCUT2D eigenvalue weighted by Crippen LogP contribution is -2.05. The average Bonchev–Trinajstić information content (AvgIpc) is 3.42. The molecule has 1 aliphatic heterocycles. The van der Waals surface area contributed by atoms with Gasteiger partial charge in [-0.25, -0.2) is 4.99 Å². The molecule has 2 N–H and O–H groups in total. The van der Waals surface area contributed by atoms with Crippen molar-refractivity contribution in [3.05, 3.63) is 102 Å². The molecule has 0 fully saturated rings. The summed E-state index contributed by atoms with van der Waals surface area (Å²) in [5.41, 5.74) is 12.4. The van der Waals surface area contributed by atoms with Crippen LogP contribution in [0.25, 0.3) is 11.6 Å². The van der Waals surface area contributed by atoms with Crippen molar-refractivity contribution in [1.82, 2.24) is 4.48 Å². The third-order valence-electron chi connectivity index (χ3n) is 5.53. The van der Waals surface area contributed by atoms with Crippen molar-refractivity contribution in [2.45, 2.75) is 13.3 Å². The summed E-state index contributed by atoms with van der Waals surface area (Å²) in [6.07, 6.45) is 9.06. The zero-order valence-electron chi connectivity index (χ0n) is 19.3. The summed E-state index contributed by atoms with van der Waals surface area (Å²) in [6.45, 7) is 2.69. The molecule has 0 aliphatic carbocycles. The van der Waals surface area contributed by atoms with Crippen LogP contribution in [-0.4, -0.2) is 31.8 Å². The number of benzene rings is 2. The summed E-state index contributed by atoms with van der Waals surface area (Å²) in [5, 5.41) is 0. The monoisotopic (exact) mass is 437 g/mol. The van der Waals surface area contributed by atoms with Gasteiger partial charge < -0.3 is 19.7 Å². The summed E-state index contributed by atoms with van der Waals surface area (Å²) in [5.74, 6) is 2.36. The molecule has 33 heavy (non-hydrogen) atoms. The molecule has 1 aliphatic rings. The van der Waals surface area contributed by atoms with Crippen LogP contribution in [0.4, 0.5) is 0 Å². The SMILES string of the molecule is Bn1cccc1/C(CCN)=C1N=C(/C=C/c2ccc(Oc3ccc(OC)cc3)cc2)C=C\1C. The Kier molecular flexibility index (Phi) is 6.96. The second-order valence-electron chi connectivity index (χ2n) is 7.91. The molecule has 3 aromatic rings. The lowest BCUT2D eigenvalue weighted by Gasteiger charge is -2.11. The topological polar surface area (TPSA) is 61.8 Å². The summed E-state index contributed by atoms with van der Waals surface area (Å²) >= 11 is 0. The van der Waals surface area contributed by atoms with Crippen molar-refractivity contribution in [3.63, 3.8) is 0 Å². The molecule has 0 unspecified atom stereocenters. The van der Waals surface area contributed by atoms with Crippen molar-refractivity contribution < 1.29 is 9.47 Å². The first-order chi connectivity index (χ1) is 16.1. The number of hydrogen-bond donors (Lipinski definition) is 1. The fraction of sp³-hybridized carbons (Fsp3) is 0.148. The molecule has 0 radical (unpaired) electrons. The largest absolute Gasteiger partial charge is 0.497 e. The molecule has 0 atom stereocenters. The van der Waals surface area contributed by atoms with Crippen molar-refractivity contribution >= 4 is 25.3 Å². The highest BCUT2D eigenvalue weighted by atomic mass is 16.5. The molecule has 2 aromatic carbocycles. The highest BCUT2D eigenvalue weighted by molar-refractivity contribution is 6.11. The van der Waals surface area contributed by atoms with Gasteiger partial charge in [0.1, 0.15) is 17.2 Å². The van der Waals surface area contributed by atoms with E-state index >= 15 is 0 Å². The van der Waals surface area contributed by atoms with Crippen LogP contribution >= 0.6 is 0 Å². The minimum Gasteiger partial charge on any atom is -0.497 e. The molecule has 166 valence electrons. The minimum atomic E-state index is 0.586. The lowest BCUT2D eigenvalue weighted by molar-refractivity contribution is 0.413. The van der Waals surface area contributed by atoms with Gasteiger partial charge >= 0.3 is 0 Å². The molecule has 4 rings (SSSR count). The highest BCUT2D eigenvalue weighted by Gasteiger charge is 2.16. The number of rotatable bonds is 8. The zero-order valence-corrected chi connectivity index (χ0v) is 19.3. The Balaban J connectivity index is 1.49. The fourth-order valence-electron chi connectivity index (χ4n) is 3.83. The van der Waals surface area contributed by atoms with Crippen LogP contribution in [0.15, 0.2) is 95.3 Å². The van der Waals surface area contributed by atoms with Gasteiger partial charge in [0, 0.05) is 11.3 Å². The summed E-state index contributed by atoms with van der Waals surface area (Å²) in [6, 6.07) is 19.7. The Hall–Kier alpha value is -3.77. The van der Waals surface area contributed by atoms with Crippen LogP contribution in [0.5, 0.6) is 17.2 Å². The number of aromatic nitrogens is 1. The van der Waals surface area contributed by atoms with Gasteiger partial charge in [-0.1, -0.05) is 18.2 Å². The van der Waals surface area contributed by atoms with Gasteiger partial charge in [0.15, 0.2) is 0 Å². The standard InChI is InChI=1S/C27H28BN3O2/c1-19-18-21(30-27(19)25(15-16-29)26-4-3-17-31(26)28)8-5-20-6-9-23(10-7-20)33-24-13-11-22(32-2)12-14-24/h3-14,17-18H,15-16,28-29H2,1-2H3/b8-5+,27-25-. The first kappa shape index (κ1) is 22.4. The second-order valence-corrected chi connectivity index (χ2v) is 7.91. The van der Waals surface area contributed by atoms with E-state index in [-0.39, 0.29) is 0 Å². The predicted octanol–water partition coefficient (Wildman–Crippen LogP) is 4.86. The molecule has 2 heterocycles. The van der Waals surface area contributed by atoms with E-state index in [4.69, 9.17) is 20.2 Å². The van der Waals surface area contributed by atoms with E-state index in [1.807, 2.05) is 74.9 Å². The van der Waals surface area contributed by atoms with Crippen LogP contribution in [0, 0.1) is 0 Å². The molecule has 1 aromatic heterocycles. The Labute approximate surface area is 196 Å². The number of allylic oxidation sites excluding steroid dienone is 3. The van der Waals surface area contributed by atoms with Crippen LogP contribution in [0.3, 0.4) is 0 Å². The molecule has 0 amide bonds. The van der Waals surface area contributed by atoms with Gasteiger partial charge in [-0.15, -0.1) is 0 Å². The van der Waals surface area contributed by atoms with Crippen LogP contribution < -0.4 is 15.2 Å². The average molecular weight is 437 g/mol. The maximum atomic E-state index is 5.90. The van der Waals surface area contributed by atoms with Crippen LogP contribution in [0.2, 0.25) is 0 Å². The number of ether oxygens (including phenoxy) is 2. The summed E-state index contributed by atoms with van der Waals surface area (Å²) < 4.78 is 13.2. The van der Waals surface area contributed by atoms with Crippen molar-refractivity contribution in [1.29, 1.82) is 0 Å². The van der Waals surface area contributed by atoms with E-state index in [2.05, 4.69) is 29.6 Å². The molecule has 6 heteroatoms. The van der Waals surface area contributed by atoms with Gasteiger partial charge in [-0.2, -0.15) is 0 Å². The van der Waals surface area contributed by atoms with Gasteiger partial charge in [0.25, 0.3) is 0 Å². The van der Waals surface area contributed by atoms with Crippen molar-refractivity contribution in [3.8, 4) is 17.2 Å². The Morgan fingerprint density at radius 3 is 2.27 bits per heavy atom. The van der Waals surface area contributed by atoms with E-state index in [9.17, 15) is 0 Å². The van der Waals surface area contributed by atoms with E-state index in [0.29, 0.717) is 6.54 Å². The molecular formula is C27H28BN3O2. The van der Waals surface area contributed by atoms with E-state index in [1.54, 1.807) is 7.11 Å². The van der Waals surface area contributed by atoms with E-state index < -0.39 is 0 Å². The summed E-state index contributed by atoms with van der Waals surface area (Å²) in [7, 11) is 3.70. The number of nitrogens with zero attached hydrogens (tertiary/aromatic N) is 2. The molecule has 0 bridgehead atoms. The Morgan fingerprint density at radius 1 is 1.00 bits per heavy atom. The Morgan fingerprint density at radius 2 is 1.67 bits per heavy atom. The third kappa shape index (κ3) is 5.36. The number of methoxy groups -OCH3 is 1. The maximum absolute atomic E-state index is 5.90.